The summed E-state index contributed by atoms with van der Waals surface area (Å²) in [6.45, 7) is 2.25. The summed E-state index contributed by atoms with van der Waals surface area (Å²) in [5.74, 6) is 0.815. The summed E-state index contributed by atoms with van der Waals surface area (Å²) in [4.78, 5) is 2.66. The van der Waals surface area contributed by atoms with E-state index in [0.717, 1.165) is 12.5 Å². The van der Waals surface area contributed by atoms with Crippen LogP contribution in [0.2, 0.25) is 0 Å². The third-order valence-corrected chi connectivity index (χ3v) is 4.93. The number of aromatic amines is 1. The van der Waals surface area contributed by atoms with Crippen LogP contribution in [0.25, 0.3) is 0 Å². The quantitative estimate of drug-likeness (QED) is 0.907. The molecule has 2 aliphatic heterocycles. The van der Waals surface area contributed by atoms with Crippen LogP contribution >= 0.6 is 0 Å². The number of fused-ring (bicyclic) bond motifs is 2. The normalized spacial score (nSPS) is 26.0. The molecule has 104 valence electrons. The molecule has 3 aliphatic rings. The molecule has 0 radical (unpaired) electrons. The zero-order valence-corrected chi connectivity index (χ0v) is 11.8. The fourth-order valence-corrected chi connectivity index (χ4v) is 3.89. The lowest BCUT2D eigenvalue weighted by molar-refractivity contribution is 0.0925. The molecule has 3 heteroatoms. The van der Waals surface area contributed by atoms with Gasteiger partial charge in [0.25, 0.3) is 0 Å². The maximum absolute atomic E-state index is 4.08. The van der Waals surface area contributed by atoms with Gasteiger partial charge in [0, 0.05) is 31.0 Å². The van der Waals surface area contributed by atoms with Gasteiger partial charge in [-0.05, 0) is 48.8 Å². The number of piperidine rings is 1. The average molecular weight is 267 g/mol. The van der Waals surface area contributed by atoms with Crippen molar-refractivity contribution in [2.45, 2.75) is 38.3 Å². The zero-order chi connectivity index (χ0) is 13.4. The molecule has 20 heavy (non-hydrogen) atoms. The fourth-order valence-electron chi connectivity index (χ4n) is 3.89. The van der Waals surface area contributed by atoms with Crippen LogP contribution in [0.1, 0.15) is 29.7 Å². The minimum absolute atomic E-state index is 0.691. The predicted octanol–water partition coefficient (Wildman–Crippen LogP) is 2.79. The Bertz CT molecular complexity index is 576. The van der Waals surface area contributed by atoms with Crippen molar-refractivity contribution in [3.05, 3.63) is 53.3 Å². The molecule has 1 aromatic carbocycles. The predicted molar refractivity (Wildman–Crippen MR) is 79.4 cm³/mol. The van der Waals surface area contributed by atoms with Gasteiger partial charge in [-0.2, -0.15) is 5.10 Å². The highest BCUT2D eigenvalue weighted by atomic mass is 15.2. The van der Waals surface area contributed by atoms with Gasteiger partial charge in [0.15, 0.2) is 0 Å². The molecule has 3 heterocycles. The third-order valence-electron chi connectivity index (χ3n) is 4.93. The van der Waals surface area contributed by atoms with E-state index in [9.17, 15) is 0 Å². The van der Waals surface area contributed by atoms with Gasteiger partial charge < -0.3 is 0 Å². The summed E-state index contributed by atoms with van der Waals surface area (Å²) in [5.41, 5.74) is 4.39. The van der Waals surface area contributed by atoms with Crippen LogP contribution < -0.4 is 0 Å². The Labute approximate surface area is 120 Å². The molecular formula is C17H21N3. The van der Waals surface area contributed by atoms with Crippen LogP contribution in [0.15, 0.2) is 36.5 Å². The molecule has 3 nitrogen and oxygen atoms in total. The molecule has 0 amide bonds. The van der Waals surface area contributed by atoms with E-state index in [4.69, 9.17) is 0 Å². The van der Waals surface area contributed by atoms with Gasteiger partial charge >= 0.3 is 0 Å². The molecule has 5 rings (SSSR count). The van der Waals surface area contributed by atoms with Crippen molar-refractivity contribution in [1.29, 1.82) is 0 Å². The third kappa shape index (κ3) is 2.27. The second-order valence-electron chi connectivity index (χ2n) is 6.29. The maximum Gasteiger partial charge on any atom is 0.0492 e. The largest absolute Gasteiger partial charge is 0.294 e. The Hall–Kier alpha value is -1.61. The molecule has 1 aliphatic carbocycles. The van der Waals surface area contributed by atoms with Gasteiger partial charge in [0.05, 0.1) is 0 Å². The molecule has 0 unspecified atom stereocenters. The van der Waals surface area contributed by atoms with Crippen molar-refractivity contribution in [2.75, 3.05) is 6.54 Å². The smallest absolute Gasteiger partial charge is 0.0492 e. The lowest BCUT2D eigenvalue weighted by Crippen LogP contribution is -2.46. The number of H-pyrrole nitrogens is 1. The van der Waals surface area contributed by atoms with E-state index in [1.807, 2.05) is 6.20 Å². The molecule has 1 saturated heterocycles. The molecule has 1 aromatic heterocycles. The van der Waals surface area contributed by atoms with Crippen LogP contribution in [-0.2, 0) is 19.4 Å². The van der Waals surface area contributed by atoms with Crippen molar-refractivity contribution < 1.29 is 0 Å². The monoisotopic (exact) mass is 267 g/mol. The second kappa shape index (κ2) is 5.06. The van der Waals surface area contributed by atoms with E-state index in [1.165, 1.54) is 37.9 Å². The molecule has 2 bridgehead atoms. The van der Waals surface area contributed by atoms with Gasteiger partial charge in [-0.1, -0.05) is 24.3 Å². The number of hydrogen-bond donors (Lipinski definition) is 1. The Morgan fingerprint density at radius 2 is 1.95 bits per heavy atom. The van der Waals surface area contributed by atoms with E-state index >= 15 is 0 Å². The Kier molecular flexibility index (Phi) is 3.07. The number of hydrogen-bond acceptors (Lipinski definition) is 2. The van der Waals surface area contributed by atoms with E-state index < -0.39 is 0 Å². The summed E-state index contributed by atoms with van der Waals surface area (Å²) in [5, 5.41) is 7.18. The maximum atomic E-state index is 4.08. The number of rotatable bonds is 2. The van der Waals surface area contributed by atoms with Crippen molar-refractivity contribution in [2.24, 2.45) is 5.92 Å². The molecule has 0 saturated carbocycles. The first kappa shape index (κ1) is 12.2. The Morgan fingerprint density at radius 1 is 1.10 bits per heavy atom. The van der Waals surface area contributed by atoms with Crippen molar-refractivity contribution >= 4 is 0 Å². The summed E-state index contributed by atoms with van der Waals surface area (Å²) in [6, 6.07) is 11.8. The average Bonchev–Trinajstić information content (AvgIpc) is 2.93. The van der Waals surface area contributed by atoms with Gasteiger partial charge in [-0.3, -0.25) is 10.00 Å². The lowest BCUT2D eigenvalue weighted by atomic mass is 9.80. The van der Waals surface area contributed by atoms with Crippen molar-refractivity contribution in [3.63, 3.8) is 0 Å². The summed E-state index contributed by atoms with van der Waals surface area (Å²) in [7, 11) is 0. The number of benzene rings is 1. The minimum Gasteiger partial charge on any atom is -0.294 e. The molecule has 0 spiro atoms. The van der Waals surface area contributed by atoms with Crippen LogP contribution in [0.5, 0.6) is 0 Å². The van der Waals surface area contributed by atoms with Crippen LogP contribution in [0.3, 0.4) is 0 Å². The van der Waals surface area contributed by atoms with Crippen LogP contribution in [0, 0.1) is 5.92 Å². The molecule has 1 fully saturated rings. The van der Waals surface area contributed by atoms with E-state index in [-0.39, 0.29) is 0 Å². The number of aromatic nitrogens is 2. The highest BCUT2D eigenvalue weighted by Crippen LogP contribution is 2.32. The van der Waals surface area contributed by atoms with Gasteiger partial charge in [-0.25, -0.2) is 0 Å². The lowest BCUT2D eigenvalue weighted by Gasteiger charge is -2.42. The summed E-state index contributed by atoms with van der Waals surface area (Å²) in [6.07, 6.45) is 7.04. The van der Waals surface area contributed by atoms with Crippen LogP contribution in [-0.4, -0.2) is 27.7 Å². The molecule has 2 aromatic rings. The summed E-state index contributed by atoms with van der Waals surface area (Å²) >= 11 is 0. The first-order valence-corrected chi connectivity index (χ1v) is 7.67. The van der Waals surface area contributed by atoms with Gasteiger partial charge in [0.2, 0.25) is 0 Å². The first-order valence-electron chi connectivity index (χ1n) is 7.67. The number of nitrogens with zero attached hydrogens (tertiary/aromatic N) is 2. The molecule has 1 N–H and O–H groups in total. The molecular weight excluding hydrogens is 246 g/mol. The van der Waals surface area contributed by atoms with Crippen molar-refractivity contribution in [1.82, 2.24) is 15.1 Å². The highest BCUT2D eigenvalue weighted by Gasteiger charge is 2.31. The Balaban J connectivity index is 1.60. The topological polar surface area (TPSA) is 31.9 Å². The van der Waals surface area contributed by atoms with Gasteiger partial charge in [0.1, 0.15) is 0 Å². The van der Waals surface area contributed by atoms with Crippen molar-refractivity contribution in [3.8, 4) is 0 Å². The zero-order valence-electron chi connectivity index (χ0n) is 11.8. The SMILES string of the molecule is c1ccc2c(c1)C[C@@H]1CC[C@H](C2)N(Cc2ccn[nH]2)C1. The van der Waals surface area contributed by atoms with E-state index in [0.29, 0.717) is 6.04 Å². The highest BCUT2D eigenvalue weighted by molar-refractivity contribution is 5.29. The fraction of sp³-hybridized carbons (Fsp3) is 0.471. The second-order valence-corrected chi connectivity index (χ2v) is 6.29. The van der Waals surface area contributed by atoms with Gasteiger partial charge in [-0.15, -0.1) is 0 Å². The van der Waals surface area contributed by atoms with E-state index in [2.05, 4.69) is 45.4 Å². The number of nitrogens with one attached hydrogen (secondary N) is 1. The van der Waals surface area contributed by atoms with E-state index in [1.54, 1.807) is 11.1 Å². The van der Waals surface area contributed by atoms with Crippen LogP contribution in [0.4, 0.5) is 0 Å². The molecule has 2 atom stereocenters. The first-order chi connectivity index (χ1) is 9.88. The summed E-state index contributed by atoms with van der Waals surface area (Å²) < 4.78 is 0. The standard InChI is InChI=1S/C17H21N3/c1-2-4-15-10-17-6-5-13(9-14(15)3-1)11-20(17)12-16-7-8-18-19-16/h1-4,7-8,13,17H,5-6,9-12H2,(H,18,19)/t13-,17+/m0/s1. The Morgan fingerprint density at radius 3 is 2.75 bits per heavy atom. The minimum atomic E-state index is 0.691.